The summed E-state index contributed by atoms with van der Waals surface area (Å²) < 4.78 is 12.3. The van der Waals surface area contributed by atoms with Crippen molar-refractivity contribution in [2.45, 2.75) is 56.8 Å². The number of carbonyl (C=O) groups is 3. The summed E-state index contributed by atoms with van der Waals surface area (Å²) in [6.45, 7) is 2.71. The van der Waals surface area contributed by atoms with Crippen molar-refractivity contribution in [2.24, 2.45) is 11.3 Å². The molecule has 1 aromatic rings. The first-order valence-corrected chi connectivity index (χ1v) is 13.4. The van der Waals surface area contributed by atoms with Gasteiger partial charge in [-0.05, 0) is 63.3 Å². The highest BCUT2D eigenvalue weighted by atomic mass is 35.5. The molecule has 2 fully saturated rings. The number of cyclic esters (lactones) is 1. The maximum atomic E-state index is 14.3. The molecule has 0 bridgehead atoms. The Balaban J connectivity index is 1.61. The van der Waals surface area contributed by atoms with Crippen LogP contribution in [0.4, 0.5) is 5.69 Å². The predicted molar refractivity (Wildman–Crippen MR) is 138 cm³/mol. The van der Waals surface area contributed by atoms with E-state index in [2.05, 4.69) is 0 Å². The van der Waals surface area contributed by atoms with Gasteiger partial charge in [0.25, 0.3) is 5.91 Å². The van der Waals surface area contributed by atoms with E-state index in [1.807, 2.05) is 24.3 Å². The molecule has 2 amide bonds. The summed E-state index contributed by atoms with van der Waals surface area (Å²) in [7, 11) is 0. The minimum absolute atomic E-state index is 0.0656. The Labute approximate surface area is 221 Å². The van der Waals surface area contributed by atoms with Crippen molar-refractivity contribution >= 4 is 35.1 Å². The van der Waals surface area contributed by atoms with Gasteiger partial charge < -0.3 is 24.4 Å². The second-order valence-corrected chi connectivity index (χ2v) is 10.7. The molecule has 4 heterocycles. The first-order chi connectivity index (χ1) is 17.8. The Morgan fingerprint density at radius 3 is 2.65 bits per heavy atom. The van der Waals surface area contributed by atoms with Gasteiger partial charge in [0.1, 0.15) is 17.6 Å². The molecule has 8 nitrogen and oxygen atoms in total. The molecule has 0 saturated carbocycles. The number of ether oxygens (including phenoxy) is 2. The first-order valence-electron chi connectivity index (χ1n) is 13.0. The Morgan fingerprint density at radius 1 is 1.11 bits per heavy atom. The van der Waals surface area contributed by atoms with Gasteiger partial charge in [0, 0.05) is 30.4 Å². The number of likely N-dealkylation sites (tertiary alicyclic amines) is 1. The molecule has 198 valence electrons. The first kappa shape index (κ1) is 25.9. The lowest BCUT2D eigenvalue weighted by molar-refractivity contribution is -0.157. The van der Waals surface area contributed by atoms with Gasteiger partial charge in [-0.25, -0.2) is 0 Å². The van der Waals surface area contributed by atoms with E-state index in [9.17, 15) is 19.5 Å². The van der Waals surface area contributed by atoms with Gasteiger partial charge in [-0.1, -0.05) is 35.9 Å². The molecule has 0 radical (unpaired) electrons. The van der Waals surface area contributed by atoms with E-state index in [4.69, 9.17) is 21.1 Å². The number of anilines is 1. The third kappa shape index (κ3) is 4.10. The number of fused-ring (bicyclic) bond motifs is 2. The third-order valence-electron chi connectivity index (χ3n) is 8.20. The Bertz CT molecular complexity index is 1120. The number of aliphatic hydroxyl groups is 1. The zero-order valence-electron chi connectivity index (χ0n) is 21.0. The zero-order chi connectivity index (χ0) is 26.2. The van der Waals surface area contributed by atoms with Crippen molar-refractivity contribution in [1.29, 1.82) is 0 Å². The van der Waals surface area contributed by atoms with Gasteiger partial charge in [-0.3, -0.25) is 14.4 Å². The number of hydrogen-bond acceptors (Lipinski definition) is 6. The lowest BCUT2D eigenvalue weighted by Gasteiger charge is -2.37. The van der Waals surface area contributed by atoms with Crippen LogP contribution in [0.25, 0.3) is 0 Å². The maximum Gasteiger partial charge on any atom is 0.313 e. The fraction of sp³-hybridized carbons (Fsp3) is 0.536. The van der Waals surface area contributed by atoms with Crippen LogP contribution in [0.15, 0.2) is 48.6 Å². The smallest absolute Gasteiger partial charge is 0.313 e. The van der Waals surface area contributed by atoms with Crippen LogP contribution in [0.1, 0.15) is 39.0 Å². The van der Waals surface area contributed by atoms with Gasteiger partial charge in [-0.2, -0.15) is 0 Å². The summed E-state index contributed by atoms with van der Waals surface area (Å²) in [6.07, 6.45) is 10.2. The Kier molecular flexibility index (Phi) is 7.18. The maximum absolute atomic E-state index is 14.3. The monoisotopic (exact) mass is 528 g/mol. The molecule has 4 aliphatic heterocycles. The van der Waals surface area contributed by atoms with Crippen molar-refractivity contribution in [3.05, 3.63) is 53.6 Å². The van der Waals surface area contributed by atoms with Crippen LogP contribution in [0, 0.1) is 11.3 Å². The number of aliphatic hydroxyl groups excluding tert-OH is 1. The minimum atomic E-state index is -1.34. The number of nitrogens with zero attached hydrogens (tertiary/aromatic N) is 2. The van der Waals surface area contributed by atoms with Crippen LogP contribution in [0.5, 0.6) is 0 Å². The molecule has 37 heavy (non-hydrogen) atoms. The van der Waals surface area contributed by atoms with Gasteiger partial charge in [-0.15, -0.1) is 0 Å². The summed E-state index contributed by atoms with van der Waals surface area (Å²) in [5, 5.41) is 9.78. The van der Waals surface area contributed by atoms with E-state index in [0.29, 0.717) is 49.5 Å². The molecular formula is C28H33ClN2O6. The van der Waals surface area contributed by atoms with Crippen molar-refractivity contribution in [1.82, 2.24) is 4.90 Å². The standard InChI is InChI=1S/C28H33ClN2O6/c1-27-22-21(9-4-2-7-18-36-25(22)34)37-28(27)14-8-16-30(20-12-10-19(29)11-13-20)24(33)23(28)31(26(27)35)15-5-3-6-17-32/h4,8-14,21-23,32H,2-3,5-7,15-18H2,1H3/b9-4-/t21-,22?,23-,27+,28?/m1/s1. The predicted octanol–water partition coefficient (Wildman–Crippen LogP) is 3.27. The number of carbonyl (C=O) groups excluding carboxylic acids is 3. The largest absolute Gasteiger partial charge is 0.465 e. The summed E-state index contributed by atoms with van der Waals surface area (Å²) >= 11 is 6.09. The fourth-order valence-electron chi connectivity index (χ4n) is 6.34. The number of allylic oxidation sites excluding steroid dienone is 1. The average Bonchev–Trinajstić information content (AvgIpc) is 3.19. The lowest BCUT2D eigenvalue weighted by Crippen LogP contribution is -2.56. The number of esters is 1. The highest BCUT2D eigenvalue weighted by Gasteiger charge is 2.78. The number of amides is 2. The van der Waals surface area contributed by atoms with Crippen LogP contribution in [0.3, 0.4) is 0 Å². The van der Waals surface area contributed by atoms with E-state index >= 15 is 0 Å². The molecule has 2 unspecified atom stereocenters. The zero-order valence-corrected chi connectivity index (χ0v) is 21.7. The summed E-state index contributed by atoms with van der Waals surface area (Å²) in [5.41, 5.74) is -2.00. The molecule has 4 aliphatic rings. The molecule has 1 aromatic carbocycles. The van der Waals surface area contributed by atoms with Crippen LogP contribution >= 0.6 is 11.6 Å². The molecule has 5 atom stereocenters. The fourth-order valence-corrected chi connectivity index (χ4v) is 6.47. The van der Waals surface area contributed by atoms with Crippen LogP contribution < -0.4 is 4.90 Å². The van der Waals surface area contributed by atoms with Gasteiger partial charge >= 0.3 is 5.97 Å². The van der Waals surface area contributed by atoms with E-state index in [1.165, 1.54) is 0 Å². The molecule has 1 spiro atoms. The number of hydrogen-bond donors (Lipinski definition) is 1. The summed E-state index contributed by atoms with van der Waals surface area (Å²) in [4.78, 5) is 45.2. The second kappa shape index (κ2) is 10.2. The molecule has 5 rings (SSSR count). The van der Waals surface area contributed by atoms with Crippen molar-refractivity contribution in [2.75, 3.05) is 31.2 Å². The highest BCUT2D eigenvalue weighted by molar-refractivity contribution is 6.30. The van der Waals surface area contributed by atoms with Gasteiger partial charge in [0.05, 0.1) is 18.1 Å². The lowest BCUT2D eigenvalue weighted by atomic mass is 9.65. The Hall–Kier alpha value is -2.68. The molecular weight excluding hydrogens is 496 g/mol. The van der Waals surface area contributed by atoms with Crippen molar-refractivity contribution in [3.63, 3.8) is 0 Å². The molecule has 0 aromatic heterocycles. The van der Waals surface area contributed by atoms with Crippen LogP contribution in [-0.2, 0) is 23.9 Å². The van der Waals surface area contributed by atoms with Gasteiger partial charge in [0.15, 0.2) is 0 Å². The topological polar surface area (TPSA) is 96.4 Å². The van der Waals surface area contributed by atoms with Crippen molar-refractivity contribution < 1.29 is 29.0 Å². The van der Waals surface area contributed by atoms with Crippen LogP contribution in [-0.4, -0.2) is 71.8 Å². The number of halogens is 1. The van der Waals surface area contributed by atoms with E-state index in [0.717, 1.165) is 6.42 Å². The van der Waals surface area contributed by atoms with Crippen molar-refractivity contribution in [3.8, 4) is 0 Å². The minimum Gasteiger partial charge on any atom is -0.465 e. The molecule has 9 heteroatoms. The molecule has 2 saturated heterocycles. The number of unbranched alkanes of at least 4 members (excludes halogenated alkanes) is 2. The Morgan fingerprint density at radius 2 is 1.89 bits per heavy atom. The number of benzene rings is 1. The second-order valence-electron chi connectivity index (χ2n) is 10.3. The quantitative estimate of drug-likeness (QED) is 0.346. The average molecular weight is 529 g/mol. The summed E-state index contributed by atoms with van der Waals surface area (Å²) in [6, 6.07) is 6.05. The summed E-state index contributed by atoms with van der Waals surface area (Å²) in [5.74, 6) is -1.89. The van der Waals surface area contributed by atoms with Gasteiger partial charge in [0.2, 0.25) is 5.91 Å². The van der Waals surface area contributed by atoms with E-state index in [-0.39, 0.29) is 25.0 Å². The van der Waals surface area contributed by atoms with E-state index in [1.54, 1.807) is 41.0 Å². The van der Waals surface area contributed by atoms with Crippen LogP contribution in [0.2, 0.25) is 5.02 Å². The highest BCUT2D eigenvalue weighted by Crippen LogP contribution is 2.61. The normalized spacial score (nSPS) is 34.1. The SMILES string of the molecule is C[C@]12C(=O)N(CCCCCO)[C@@H]3C(=O)N(c4ccc(Cl)cc4)CC=CC31O[C@@H]1/C=C\CCCOC(=O)C12. The number of rotatable bonds is 6. The molecule has 1 N–H and O–H groups in total. The molecule has 0 aliphatic carbocycles. The van der Waals surface area contributed by atoms with E-state index < -0.39 is 35.0 Å². The third-order valence-corrected chi connectivity index (χ3v) is 8.46.